The van der Waals surface area contributed by atoms with Gasteiger partial charge < -0.3 is 15.4 Å². The number of aromatic nitrogens is 1. The van der Waals surface area contributed by atoms with E-state index in [0.717, 1.165) is 18.4 Å². The number of carbonyl (C=O) groups excluding carboxylic acids is 2. The standard InChI is InChI=1S/C21H18FN3O3S/c22-15-4-6-16(7-5-15)28-18-9-1-13(11-23-18)12-24-21(27)17-8-10-19(29-17)25-20(26)14-2-3-14/h1,4-11,14H,2-3,12H2,(H,24,27)(H,25,26). The van der Waals surface area contributed by atoms with Crippen molar-refractivity contribution in [3.63, 3.8) is 0 Å². The molecule has 148 valence electrons. The molecular weight excluding hydrogens is 393 g/mol. The van der Waals surface area contributed by atoms with Crippen molar-refractivity contribution in [2.75, 3.05) is 5.32 Å². The highest BCUT2D eigenvalue weighted by Gasteiger charge is 2.29. The smallest absolute Gasteiger partial charge is 0.261 e. The molecule has 1 fully saturated rings. The van der Waals surface area contributed by atoms with Crippen LogP contribution in [-0.2, 0) is 11.3 Å². The highest BCUT2D eigenvalue weighted by Crippen LogP contribution is 2.31. The maximum Gasteiger partial charge on any atom is 0.261 e. The van der Waals surface area contributed by atoms with E-state index in [1.807, 2.05) is 0 Å². The number of hydrogen-bond donors (Lipinski definition) is 2. The molecule has 1 aliphatic rings. The molecule has 2 heterocycles. The summed E-state index contributed by atoms with van der Waals surface area (Å²) in [6, 6.07) is 12.6. The molecule has 0 spiro atoms. The molecule has 1 saturated carbocycles. The van der Waals surface area contributed by atoms with E-state index in [2.05, 4.69) is 15.6 Å². The molecule has 4 rings (SSSR count). The van der Waals surface area contributed by atoms with E-state index in [4.69, 9.17) is 4.74 Å². The Balaban J connectivity index is 1.28. The highest BCUT2D eigenvalue weighted by molar-refractivity contribution is 7.18. The van der Waals surface area contributed by atoms with Crippen LogP contribution in [0.25, 0.3) is 0 Å². The average molecular weight is 411 g/mol. The van der Waals surface area contributed by atoms with Crippen LogP contribution in [0, 0.1) is 11.7 Å². The molecule has 0 atom stereocenters. The summed E-state index contributed by atoms with van der Waals surface area (Å²) in [4.78, 5) is 28.8. The fourth-order valence-electron chi connectivity index (χ4n) is 2.56. The summed E-state index contributed by atoms with van der Waals surface area (Å²) in [5.41, 5.74) is 0.809. The first-order chi connectivity index (χ1) is 14.1. The summed E-state index contributed by atoms with van der Waals surface area (Å²) in [5.74, 6) is 0.459. The first kappa shape index (κ1) is 19.1. The zero-order chi connectivity index (χ0) is 20.2. The minimum absolute atomic E-state index is 0.0211. The zero-order valence-electron chi connectivity index (χ0n) is 15.4. The van der Waals surface area contributed by atoms with Gasteiger partial charge in [0.15, 0.2) is 0 Å². The average Bonchev–Trinajstić information content (AvgIpc) is 3.48. The zero-order valence-corrected chi connectivity index (χ0v) is 16.2. The molecular formula is C21H18FN3O3S. The Morgan fingerprint density at radius 2 is 1.90 bits per heavy atom. The van der Waals surface area contributed by atoms with Gasteiger partial charge in [-0.25, -0.2) is 9.37 Å². The van der Waals surface area contributed by atoms with Crippen molar-refractivity contribution < 1.29 is 18.7 Å². The van der Waals surface area contributed by atoms with Crippen molar-refractivity contribution in [3.8, 4) is 11.6 Å². The van der Waals surface area contributed by atoms with Crippen LogP contribution >= 0.6 is 11.3 Å². The predicted molar refractivity (Wildman–Crippen MR) is 108 cm³/mol. The van der Waals surface area contributed by atoms with Crippen LogP contribution in [0.1, 0.15) is 28.1 Å². The summed E-state index contributed by atoms with van der Waals surface area (Å²) in [7, 11) is 0. The molecule has 8 heteroatoms. The molecule has 1 aromatic carbocycles. The number of benzene rings is 1. The number of nitrogens with one attached hydrogen (secondary N) is 2. The maximum atomic E-state index is 12.9. The van der Waals surface area contributed by atoms with Crippen molar-refractivity contribution in [2.45, 2.75) is 19.4 Å². The molecule has 0 aliphatic heterocycles. The predicted octanol–water partition coefficient (Wildman–Crippen LogP) is 4.35. The molecule has 2 aromatic heterocycles. The number of amides is 2. The number of rotatable bonds is 7. The molecule has 3 aromatic rings. The Bertz CT molecular complexity index is 1010. The van der Waals surface area contributed by atoms with Gasteiger partial charge in [-0.2, -0.15) is 0 Å². The largest absolute Gasteiger partial charge is 0.439 e. The van der Waals surface area contributed by atoms with Crippen LogP contribution in [0.5, 0.6) is 11.6 Å². The Morgan fingerprint density at radius 3 is 2.59 bits per heavy atom. The Labute approximate surface area is 170 Å². The summed E-state index contributed by atoms with van der Waals surface area (Å²) in [6.45, 7) is 0.310. The monoisotopic (exact) mass is 411 g/mol. The van der Waals surface area contributed by atoms with Crippen LogP contribution < -0.4 is 15.4 Å². The van der Waals surface area contributed by atoms with Crippen molar-refractivity contribution in [2.24, 2.45) is 5.92 Å². The van der Waals surface area contributed by atoms with Crippen LogP contribution in [-0.4, -0.2) is 16.8 Å². The molecule has 1 aliphatic carbocycles. The summed E-state index contributed by atoms with van der Waals surface area (Å²) < 4.78 is 18.5. The van der Waals surface area contributed by atoms with E-state index in [-0.39, 0.29) is 23.5 Å². The van der Waals surface area contributed by atoms with E-state index in [0.29, 0.717) is 28.1 Å². The van der Waals surface area contributed by atoms with Gasteiger partial charge in [0.2, 0.25) is 11.8 Å². The SMILES string of the molecule is O=C(NCc1ccc(Oc2ccc(F)cc2)nc1)c1ccc(NC(=O)C2CC2)s1. The van der Waals surface area contributed by atoms with Gasteiger partial charge in [0, 0.05) is 24.7 Å². The number of carbonyl (C=O) groups is 2. The number of pyridine rings is 1. The summed E-state index contributed by atoms with van der Waals surface area (Å²) >= 11 is 1.25. The van der Waals surface area contributed by atoms with Crippen molar-refractivity contribution in [1.82, 2.24) is 10.3 Å². The second-order valence-corrected chi connectivity index (χ2v) is 7.75. The van der Waals surface area contributed by atoms with E-state index < -0.39 is 0 Å². The minimum atomic E-state index is -0.334. The second kappa shape index (κ2) is 8.40. The van der Waals surface area contributed by atoms with E-state index >= 15 is 0 Å². The van der Waals surface area contributed by atoms with Crippen LogP contribution in [0.3, 0.4) is 0 Å². The third kappa shape index (κ3) is 5.17. The van der Waals surface area contributed by atoms with Crippen LogP contribution in [0.15, 0.2) is 54.7 Å². The van der Waals surface area contributed by atoms with Crippen molar-refractivity contribution in [3.05, 3.63) is 71.0 Å². The molecule has 0 bridgehead atoms. The van der Waals surface area contributed by atoms with Gasteiger partial charge >= 0.3 is 0 Å². The minimum Gasteiger partial charge on any atom is -0.439 e. The Morgan fingerprint density at radius 1 is 1.10 bits per heavy atom. The molecule has 29 heavy (non-hydrogen) atoms. The van der Waals surface area contributed by atoms with E-state index in [1.165, 1.54) is 35.6 Å². The lowest BCUT2D eigenvalue weighted by Gasteiger charge is -2.07. The van der Waals surface area contributed by atoms with Gasteiger partial charge in [0.1, 0.15) is 11.6 Å². The topological polar surface area (TPSA) is 80.3 Å². The third-order valence-electron chi connectivity index (χ3n) is 4.31. The molecule has 2 amide bonds. The third-order valence-corrected chi connectivity index (χ3v) is 5.31. The number of nitrogens with zero attached hydrogens (tertiary/aromatic N) is 1. The fourth-order valence-corrected chi connectivity index (χ4v) is 3.39. The lowest BCUT2D eigenvalue weighted by atomic mass is 10.3. The van der Waals surface area contributed by atoms with Gasteiger partial charge in [-0.05, 0) is 54.8 Å². The van der Waals surface area contributed by atoms with Crippen molar-refractivity contribution >= 4 is 28.2 Å². The lowest BCUT2D eigenvalue weighted by Crippen LogP contribution is -2.21. The normalized spacial score (nSPS) is 13.0. The number of hydrogen-bond acceptors (Lipinski definition) is 5. The number of thiophene rings is 1. The first-order valence-corrected chi connectivity index (χ1v) is 9.96. The van der Waals surface area contributed by atoms with Gasteiger partial charge in [0.25, 0.3) is 5.91 Å². The van der Waals surface area contributed by atoms with Crippen LogP contribution in [0.2, 0.25) is 0 Å². The Kier molecular flexibility index (Phi) is 5.53. The highest BCUT2D eigenvalue weighted by atomic mass is 32.1. The van der Waals surface area contributed by atoms with E-state index in [1.54, 1.807) is 30.5 Å². The molecule has 0 radical (unpaired) electrons. The van der Waals surface area contributed by atoms with Crippen LogP contribution in [0.4, 0.5) is 9.39 Å². The summed E-state index contributed by atoms with van der Waals surface area (Å²) in [5, 5.41) is 6.34. The van der Waals surface area contributed by atoms with Crippen molar-refractivity contribution in [1.29, 1.82) is 0 Å². The molecule has 0 saturated heterocycles. The Hall–Kier alpha value is -3.26. The number of halogens is 1. The molecule has 2 N–H and O–H groups in total. The second-order valence-electron chi connectivity index (χ2n) is 6.67. The summed E-state index contributed by atoms with van der Waals surface area (Å²) in [6.07, 6.45) is 3.48. The molecule has 0 unspecified atom stereocenters. The van der Waals surface area contributed by atoms with E-state index in [9.17, 15) is 14.0 Å². The van der Waals surface area contributed by atoms with Gasteiger partial charge in [-0.3, -0.25) is 9.59 Å². The number of ether oxygens (including phenoxy) is 1. The lowest BCUT2D eigenvalue weighted by molar-refractivity contribution is -0.117. The first-order valence-electron chi connectivity index (χ1n) is 9.14. The van der Waals surface area contributed by atoms with Gasteiger partial charge in [-0.1, -0.05) is 6.07 Å². The molecule has 6 nitrogen and oxygen atoms in total. The fraction of sp³-hybridized carbons (Fsp3) is 0.190. The van der Waals surface area contributed by atoms with Gasteiger partial charge in [-0.15, -0.1) is 11.3 Å². The maximum absolute atomic E-state index is 12.9. The quantitative estimate of drug-likeness (QED) is 0.606. The van der Waals surface area contributed by atoms with Gasteiger partial charge in [0.05, 0.1) is 9.88 Å². The number of anilines is 1.